The van der Waals surface area contributed by atoms with Crippen LogP contribution < -0.4 is 5.43 Å². The number of phenolic OH excluding ortho intramolecular Hbond substituents is 1. The number of aromatic hydroxyl groups is 1. The molecule has 3 rings (SSSR count). The molecular weight excluding hydrogens is 354 g/mol. The molecule has 2 N–H and O–H groups in total. The Kier molecular flexibility index (Phi) is 5.86. The van der Waals surface area contributed by atoms with E-state index in [1.54, 1.807) is 24.3 Å². The Morgan fingerprint density at radius 3 is 2.36 bits per heavy atom. The first-order valence-electron chi connectivity index (χ1n) is 8.58. The molecule has 0 spiro atoms. The van der Waals surface area contributed by atoms with Crippen LogP contribution in [0.4, 0.5) is 11.4 Å². The molecule has 3 aromatic rings. The second kappa shape index (κ2) is 8.68. The predicted octanol–water partition coefficient (Wildman–Crippen LogP) is 4.58. The summed E-state index contributed by atoms with van der Waals surface area (Å²) in [5.74, 6) is -0.351. The maximum atomic E-state index is 11.9. The third-order valence-electron chi connectivity index (χ3n) is 4.09. The lowest BCUT2D eigenvalue weighted by molar-refractivity contribution is 0.0955. The van der Waals surface area contributed by atoms with Crippen molar-refractivity contribution in [2.75, 3.05) is 0 Å². The van der Waals surface area contributed by atoms with Gasteiger partial charge in [0.1, 0.15) is 5.75 Å². The lowest BCUT2D eigenvalue weighted by Crippen LogP contribution is -2.17. The van der Waals surface area contributed by atoms with Gasteiger partial charge < -0.3 is 5.11 Å². The van der Waals surface area contributed by atoms with Crippen molar-refractivity contribution in [2.24, 2.45) is 15.3 Å². The molecule has 0 aliphatic carbocycles. The zero-order valence-corrected chi connectivity index (χ0v) is 15.5. The van der Waals surface area contributed by atoms with Gasteiger partial charge in [-0.05, 0) is 67.4 Å². The standard InChI is InChI=1S/C21H19N5O2/c1-14-3-4-18(11-15(14)2)24-25-19-5-6-20(27)17(12-19)13-23-26-21(28)16-7-9-22-10-8-16/h3-13,27H,1-2H3,(H,26,28)/b23-13-,25-24?. The van der Waals surface area contributed by atoms with Crippen molar-refractivity contribution in [2.45, 2.75) is 13.8 Å². The Balaban J connectivity index is 1.71. The molecule has 0 atom stereocenters. The number of azo groups is 1. The highest BCUT2D eigenvalue weighted by Gasteiger charge is 2.04. The Hall–Kier alpha value is -3.87. The minimum Gasteiger partial charge on any atom is -0.507 e. The molecule has 1 heterocycles. The molecule has 0 aliphatic rings. The van der Waals surface area contributed by atoms with Gasteiger partial charge in [-0.1, -0.05) is 6.07 Å². The second-order valence-corrected chi connectivity index (χ2v) is 6.15. The molecule has 0 radical (unpaired) electrons. The summed E-state index contributed by atoms with van der Waals surface area (Å²) in [7, 11) is 0. The van der Waals surface area contributed by atoms with E-state index in [0.29, 0.717) is 16.8 Å². The van der Waals surface area contributed by atoms with E-state index in [0.717, 1.165) is 11.3 Å². The molecule has 0 saturated carbocycles. The summed E-state index contributed by atoms with van der Waals surface area (Å²) < 4.78 is 0. The van der Waals surface area contributed by atoms with E-state index >= 15 is 0 Å². The van der Waals surface area contributed by atoms with E-state index in [2.05, 4.69) is 25.7 Å². The number of phenols is 1. The van der Waals surface area contributed by atoms with Gasteiger partial charge in [-0.2, -0.15) is 15.3 Å². The van der Waals surface area contributed by atoms with Gasteiger partial charge in [-0.15, -0.1) is 0 Å². The van der Waals surface area contributed by atoms with Crippen molar-refractivity contribution >= 4 is 23.5 Å². The minimum absolute atomic E-state index is 0.0204. The SMILES string of the molecule is Cc1ccc(N=Nc2ccc(O)c(/C=N\NC(=O)c3ccncc3)c2)cc1C. The largest absolute Gasteiger partial charge is 0.507 e. The number of carbonyl (C=O) groups is 1. The average Bonchev–Trinajstić information content (AvgIpc) is 2.71. The quantitative estimate of drug-likeness (QED) is 0.389. The molecule has 7 nitrogen and oxygen atoms in total. The summed E-state index contributed by atoms with van der Waals surface area (Å²) in [5, 5.41) is 22.3. The molecule has 1 amide bonds. The third-order valence-corrected chi connectivity index (χ3v) is 4.09. The fourth-order valence-corrected chi connectivity index (χ4v) is 2.34. The summed E-state index contributed by atoms with van der Waals surface area (Å²) in [6, 6.07) is 13.8. The molecule has 0 unspecified atom stereocenters. The van der Waals surface area contributed by atoms with Gasteiger partial charge in [-0.25, -0.2) is 5.43 Å². The second-order valence-electron chi connectivity index (χ2n) is 6.15. The predicted molar refractivity (Wildman–Crippen MR) is 107 cm³/mol. The smallest absolute Gasteiger partial charge is 0.271 e. The van der Waals surface area contributed by atoms with E-state index in [4.69, 9.17) is 0 Å². The van der Waals surface area contributed by atoms with E-state index in [1.165, 1.54) is 30.2 Å². The van der Waals surface area contributed by atoms with Crippen LogP contribution in [0, 0.1) is 13.8 Å². The number of pyridine rings is 1. The number of hydrazone groups is 1. The molecule has 0 saturated heterocycles. The lowest BCUT2D eigenvalue weighted by atomic mass is 10.1. The van der Waals surface area contributed by atoms with Crippen LogP contribution in [0.2, 0.25) is 0 Å². The average molecular weight is 373 g/mol. The van der Waals surface area contributed by atoms with Gasteiger partial charge in [0.2, 0.25) is 0 Å². The summed E-state index contributed by atoms with van der Waals surface area (Å²) in [6.45, 7) is 4.05. The molecule has 140 valence electrons. The number of hydrogen-bond acceptors (Lipinski definition) is 6. The summed E-state index contributed by atoms with van der Waals surface area (Å²) in [5.41, 5.74) is 6.88. The van der Waals surface area contributed by atoms with Crippen molar-refractivity contribution in [3.8, 4) is 5.75 Å². The Labute approximate surface area is 162 Å². The van der Waals surface area contributed by atoms with Gasteiger partial charge in [0.05, 0.1) is 17.6 Å². The maximum Gasteiger partial charge on any atom is 0.271 e. The zero-order chi connectivity index (χ0) is 19.9. The van der Waals surface area contributed by atoms with Crippen LogP contribution in [0.3, 0.4) is 0 Å². The van der Waals surface area contributed by atoms with Gasteiger partial charge in [0, 0.05) is 23.5 Å². The van der Waals surface area contributed by atoms with Crippen LogP contribution in [-0.4, -0.2) is 22.2 Å². The molecule has 0 aliphatic heterocycles. The number of benzene rings is 2. The fourth-order valence-electron chi connectivity index (χ4n) is 2.34. The Bertz CT molecular complexity index is 1050. The van der Waals surface area contributed by atoms with E-state index in [9.17, 15) is 9.90 Å². The molecule has 28 heavy (non-hydrogen) atoms. The molecule has 0 fully saturated rings. The Morgan fingerprint density at radius 2 is 1.64 bits per heavy atom. The van der Waals surface area contributed by atoms with Crippen molar-refractivity contribution in [1.82, 2.24) is 10.4 Å². The Morgan fingerprint density at radius 1 is 0.964 bits per heavy atom. The van der Waals surface area contributed by atoms with Crippen LogP contribution in [0.25, 0.3) is 0 Å². The van der Waals surface area contributed by atoms with Crippen LogP contribution in [-0.2, 0) is 0 Å². The normalized spacial score (nSPS) is 11.2. The van der Waals surface area contributed by atoms with E-state index in [-0.39, 0.29) is 11.7 Å². The summed E-state index contributed by atoms with van der Waals surface area (Å²) in [6.07, 6.45) is 4.40. The third kappa shape index (κ3) is 4.85. The monoisotopic (exact) mass is 373 g/mol. The number of amides is 1. The first-order chi connectivity index (χ1) is 13.5. The number of carbonyl (C=O) groups excluding carboxylic acids is 1. The van der Waals surface area contributed by atoms with Crippen LogP contribution in [0.15, 0.2) is 76.3 Å². The van der Waals surface area contributed by atoms with Crippen LogP contribution in [0.5, 0.6) is 5.75 Å². The topological polar surface area (TPSA) is 99.3 Å². The van der Waals surface area contributed by atoms with Gasteiger partial charge >= 0.3 is 0 Å². The summed E-state index contributed by atoms with van der Waals surface area (Å²) >= 11 is 0. The number of rotatable bonds is 5. The molecular formula is C21H19N5O2. The minimum atomic E-state index is -0.372. The van der Waals surface area contributed by atoms with E-state index in [1.807, 2.05) is 32.0 Å². The first kappa shape index (κ1) is 18.9. The van der Waals surface area contributed by atoms with Crippen molar-refractivity contribution in [1.29, 1.82) is 0 Å². The maximum absolute atomic E-state index is 11.9. The first-order valence-corrected chi connectivity index (χ1v) is 8.58. The van der Waals surface area contributed by atoms with E-state index < -0.39 is 0 Å². The highest BCUT2D eigenvalue weighted by Crippen LogP contribution is 2.25. The lowest BCUT2D eigenvalue weighted by Gasteiger charge is -2.02. The zero-order valence-electron chi connectivity index (χ0n) is 15.5. The highest BCUT2D eigenvalue weighted by atomic mass is 16.3. The highest BCUT2D eigenvalue weighted by molar-refractivity contribution is 5.95. The number of aromatic nitrogens is 1. The van der Waals surface area contributed by atoms with Gasteiger partial charge in [0.15, 0.2) is 0 Å². The molecule has 7 heteroatoms. The van der Waals surface area contributed by atoms with Crippen LogP contribution in [0.1, 0.15) is 27.0 Å². The van der Waals surface area contributed by atoms with Crippen molar-refractivity contribution < 1.29 is 9.90 Å². The number of nitrogens with zero attached hydrogens (tertiary/aromatic N) is 4. The number of hydrogen-bond donors (Lipinski definition) is 2. The molecule has 2 aromatic carbocycles. The van der Waals surface area contributed by atoms with Gasteiger partial charge in [0.25, 0.3) is 5.91 Å². The van der Waals surface area contributed by atoms with Crippen molar-refractivity contribution in [3.63, 3.8) is 0 Å². The number of nitrogens with one attached hydrogen (secondary N) is 1. The van der Waals surface area contributed by atoms with Gasteiger partial charge in [-0.3, -0.25) is 9.78 Å². The molecule has 0 bridgehead atoms. The molecule has 1 aromatic heterocycles. The summed E-state index contributed by atoms with van der Waals surface area (Å²) in [4.78, 5) is 15.8. The van der Waals surface area contributed by atoms with Crippen molar-refractivity contribution in [3.05, 3.63) is 83.2 Å². The fraction of sp³-hybridized carbons (Fsp3) is 0.0952. The van der Waals surface area contributed by atoms with Crippen LogP contribution >= 0.6 is 0 Å². The number of aryl methyl sites for hydroxylation is 2.